The molecule has 2 unspecified atom stereocenters. The third-order valence-electron chi connectivity index (χ3n) is 22.3. The van der Waals surface area contributed by atoms with Gasteiger partial charge in [0.25, 0.3) is 41.9 Å². The molecule has 4 saturated heterocycles. The Balaban J connectivity index is 0.000000118. The van der Waals surface area contributed by atoms with E-state index >= 15 is 0 Å². The Morgan fingerprint density at radius 2 is 0.744 bits per heavy atom. The van der Waals surface area contributed by atoms with Crippen molar-refractivity contribution in [1.82, 2.24) is 115 Å². The van der Waals surface area contributed by atoms with Gasteiger partial charge in [0, 0.05) is 140 Å². The summed E-state index contributed by atoms with van der Waals surface area (Å²) in [4.78, 5) is 109. The summed E-state index contributed by atoms with van der Waals surface area (Å²) in [6.07, 6.45) is 26.1. The van der Waals surface area contributed by atoms with E-state index in [9.17, 15) is 46.3 Å². The minimum Gasteiger partial charge on any atom is -0.483 e. The fourth-order valence-corrected chi connectivity index (χ4v) is 15.0. The maximum Gasteiger partial charge on any atom is 0.291 e. The number of H-pyrrole nitrogens is 4. The average Bonchev–Trinajstić information content (AvgIpc) is 1.60. The fourth-order valence-electron chi connectivity index (χ4n) is 15.0. The molecule has 22 rings (SSSR count). The molecule has 2 saturated carbocycles. The number of likely N-dealkylation sites (N-methyl/N-ethyl adjacent to an activating group) is 1. The van der Waals surface area contributed by atoms with Crippen LogP contribution in [0.2, 0.25) is 0 Å². The lowest BCUT2D eigenvalue weighted by atomic mass is 10.1. The number of aromatic nitrogens is 20. The van der Waals surface area contributed by atoms with Crippen molar-refractivity contribution in [3.05, 3.63) is 237 Å². The number of pyridine rings is 4. The number of morpholine rings is 1. The number of rotatable bonds is 22. The lowest BCUT2D eigenvalue weighted by Crippen LogP contribution is -2.51. The quantitative estimate of drug-likeness (QED) is 0.0225. The molecule has 0 aromatic carbocycles. The minimum atomic E-state index is -2.89. The van der Waals surface area contributed by atoms with E-state index in [1.165, 1.54) is 9.80 Å². The van der Waals surface area contributed by atoms with Gasteiger partial charge >= 0.3 is 0 Å². The smallest absolute Gasteiger partial charge is 0.291 e. The lowest BCUT2D eigenvalue weighted by Gasteiger charge is -2.39. The number of carbonyl (C=O) groups excluding carboxylic acids is 6. The molecule has 0 spiro atoms. The molecule has 16 aromatic heterocycles. The van der Waals surface area contributed by atoms with Crippen LogP contribution in [-0.4, -0.2) is 246 Å². The summed E-state index contributed by atoms with van der Waals surface area (Å²) in [6.45, 7) is 5.80. The van der Waals surface area contributed by atoms with Crippen LogP contribution in [0.3, 0.4) is 0 Å². The Labute approximate surface area is 749 Å². The zero-order valence-electron chi connectivity index (χ0n) is 70.5. The molecule has 41 nitrogen and oxygen atoms in total. The third kappa shape index (κ3) is 19.5. The number of nitrogens with zero attached hydrogens (tertiary/aromatic N) is 20. The number of likely N-dealkylation sites (tertiary alicyclic amines) is 3. The van der Waals surface area contributed by atoms with Crippen molar-refractivity contribution in [3.63, 3.8) is 0 Å². The van der Waals surface area contributed by atoms with Gasteiger partial charge in [0.15, 0.2) is 23.0 Å². The second-order valence-electron chi connectivity index (χ2n) is 31.6. The summed E-state index contributed by atoms with van der Waals surface area (Å²) in [7, 11) is 3.86. The number of carbonyl (C=O) groups is 7. The van der Waals surface area contributed by atoms with Crippen molar-refractivity contribution in [2.24, 2.45) is 18.9 Å². The molecular formula is C88H80F4N28O13. The van der Waals surface area contributed by atoms with Crippen molar-refractivity contribution in [2.75, 3.05) is 98.8 Å². The highest BCUT2D eigenvalue weighted by atomic mass is 19.3. The van der Waals surface area contributed by atoms with Crippen LogP contribution < -0.4 is 26.2 Å². The number of furan rings is 4. The highest BCUT2D eigenvalue weighted by Crippen LogP contribution is 2.52. The van der Waals surface area contributed by atoms with Gasteiger partial charge in [0.2, 0.25) is 11.8 Å². The first-order valence-corrected chi connectivity index (χ1v) is 41.6. The van der Waals surface area contributed by atoms with Crippen molar-refractivity contribution in [2.45, 2.75) is 42.8 Å². The molecule has 45 heteroatoms. The standard InChI is InChI=1S/2C23H19F2N7O3.C21H21N7O3.C20H19N7O2.CH2O2/c2*24-23(25)7-15(23)22(34)31-10-14(11-31)32-12-17(20(30-32)16-3-1-2-6-26-16)29-21(33)19-5-4-18(35-19)13-8-27-28-9-13;1-27-13-17(25-21(29)19-5-4-18(31-19)14-10-23-24-11-14)20(26-27)16-3-2-15(12-22-16)28-6-8-30-9-7-28;1-26-10-14(11-26)27-12-16(19(25-27)15-4-2-3-7-21-15)24-20(28)18-6-5-17(29-18)13-8-22-23-9-13;2-1-3/h2*1-6,8-9,12,14-15H,7,10-11H2,(H,27,28)(H,29,33);2-5,10-13H,6-9H2,1H3,(H,23,24)(H,25,29);2-9,12,14H,10-11H2,1H3,(H,22,23)(H,24,28);1H,(H,2,3). The summed E-state index contributed by atoms with van der Waals surface area (Å²) >= 11 is 0. The number of nitrogens with one attached hydrogen (secondary N) is 8. The van der Waals surface area contributed by atoms with E-state index in [0.29, 0.717) is 116 Å². The number of aryl methyl sites for hydroxylation is 1. The van der Waals surface area contributed by atoms with E-state index < -0.39 is 47.3 Å². The zero-order chi connectivity index (χ0) is 92.0. The van der Waals surface area contributed by atoms with E-state index in [4.69, 9.17) is 37.4 Å². The first-order valence-electron chi connectivity index (χ1n) is 41.6. The Kier molecular flexibility index (Phi) is 24.5. The molecule has 4 aliphatic heterocycles. The number of carboxylic acid groups (broad SMARTS) is 1. The molecule has 6 fully saturated rings. The Morgan fingerprint density at radius 3 is 1.04 bits per heavy atom. The SMILES string of the molecule is CN1CC(n2cc(NC(=O)c3ccc(-c4cn[nH]c4)o3)c(-c3ccccn3)n2)C1.Cn1cc(NC(=O)c2ccc(-c3cn[nH]c3)o2)c(-c2ccc(N3CCOCC3)cn2)n1.O=C(Nc1cn(C2CN(C(=O)C3CC3(F)F)C2)nc1-c1ccccn1)c1ccc(-c2cn[nH]c2)o1.O=C(Nc1cn(C2CN(C(=O)C3CC3(F)F)C2)nc1-c1ccccn1)c1ccc(-c2cn[nH]c2)o1.O=CO. The maximum atomic E-state index is 13.2. The number of hydrogen-bond acceptors (Lipinski definition) is 26. The topological polar surface area (TPSA) is 500 Å². The van der Waals surface area contributed by atoms with Crippen LogP contribution in [0.1, 0.15) is 73.2 Å². The molecule has 16 aromatic rings. The molecule has 20 heterocycles. The minimum absolute atomic E-state index is 0.103. The summed E-state index contributed by atoms with van der Waals surface area (Å²) in [6, 6.07) is 33.3. The number of alkyl halides is 4. The Hall–Kier alpha value is -16.9. The van der Waals surface area contributed by atoms with Gasteiger partial charge in [0.05, 0.1) is 136 Å². The lowest BCUT2D eigenvalue weighted by molar-refractivity contribution is -0.141. The van der Waals surface area contributed by atoms with E-state index in [1.807, 2.05) is 47.4 Å². The Morgan fingerprint density at radius 1 is 0.421 bits per heavy atom. The van der Waals surface area contributed by atoms with Gasteiger partial charge in [-0.3, -0.25) is 92.6 Å². The van der Waals surface area contributed by atoms with Crippen molar-refractivity contribution < 1.29 is 78.6 Å². The second-order valence-corrected chi connectivity index (χ2v) is 31.6. The number of amides is 6. The first-order chi connectivity index (χ1) is 64.5. The van der Waals surface area contributed by atoms with Gasteiger partial charge in [-0.1, -0.05) is 18.2 Å². The highest BCUT2D eigenvalue weighted by Gasteiger charge is 2.64. The summed E-state index contributed by atoms with van der Waals surface area (Å²) < 4.78 is 87.9. The normalized spacial score (nSPS) is 16.5. The van der Waals surface area contributed by atoms with Gasteiger partial charge in [0.1, 0.15) is 57.7 Å². The first kappa shape index (κ1) is 86.8. The number of aromatic amines is 4. The van der Waals surface area contributed by atoms with Gasteiger partial charge in [-0.15, -0.1) is 0 Å². The molecule has 678 valence electrons. The van der Waals surface area contributed by atoms with Gasteiger partial charge < -0.3 is 68.4 Å². The highest BCUT2D eigenvalue weighted by molar-refractivity contribution is 6.07. The predicted octanol–water partition coefficient (Wildman–Crippen LogP) is 11.4. The zero-order valence-corrected chi connectivity index (χ0v) is 70.5. The number of anilines is 5. The predicted molar refractivity (Wildman–Crippen MR) is 465 cm³/mol. The van der Waals surface area contributed by atoms with Crippen LogP contribution in [0.5, 0.6) is 0 Å². The summed E-state index contributed by atoms with van der Waals surface area (Å²) in [5.41, 5.74) is 10.6. The van der Waals surface area contributed by atoms with E-state index in [-0.39, 0.29) is 98.5 Å². The molecule has 0 bridgehead atoms. The molecule has 6 aliphatic rings. The molecule has 0 radical (unpaired) electrons. The Bertz CT molecular complexity index is 6530. The van der Waals surface area contributed by atoms with Crippen LogP contribution >= 0.6 is 0 Å². The van der Waals surface area contributed by atoms with Crippen molar-refractivity contribution >= 4 is 70.4 Å². The van der Waals surface area contributed by atoms with Crippen LogP contribution in [-0.2, 0) is 26.2 Å². The molecular weight excluding hydrogens is 1730 g/mol. The van der Waals surface area contributed by atoms with Gasteiger partial charge in [-0.2, -0.15) is 40.8 Å². The largest absolute Gasteiger partial charge is 0.483 e. The van der Waals surface area contributed by atoms with E-state index in [1.54, 1.807) is 193 Å². The molecule has 133 heavy (non-hydrogen) atoms. The van der Waals surface area contributed by atoms with Gasteiger partial charge in [-0.25, -0.2) is 17.6 Å². The van der Waals surface area contributed by atoms with Crippen molar-refractivity contribution in [3.8, 4) is 90.8 Å². The molecule has 2 atom stereocenters. The molecule has 6 amide bonds. The van der Waals surface area contributed by atoms with Crippen LogP contribution in [0, 0.1) is 11.8 Å². The maximum absolute atomic E-state index is 13.2. The number of halogens is 4. The van der Waals surface area contributed by atoms with E-state index in [0.717, 1.165) is 43.0 Å². The van der Waals surface area contributed by atoms with Crippen LogP contribution in [0.25, 0.3) is 90.8 Å². The van der Waals surface area contributed by atoms with E-state index in [2.05, 4.69) is 114 Å². The number of hydrogen-bond donors (Lipinski definition) is 9. The second kappa shape index (κ2) is 37.4. The molecule has 2 aliphatic carbocycles. The fraction of sp³-hybridized carbons (Fsp3) is 0.239. The number of ether oxygens (including phenoxy) is 1. The summed E-state index contributed by atoms with van der Waals surface area (Å²) in [5, 5.41) is 63.0. The van der Waals surface area contributed by atoms with Crippen LogP contribution in [0.15, 0.2) is 232 Å². The van der Waals surface area contributed by atoms with Crippen molar-refractivity contribution in [1.29, 1.82) is 0 Å². The van der Waals surface area contributed by atoms with Gasteiger partial charge in [-0.05, 0) is 104 Å². The van der Waals surface area contributed by atoms with Crippen LogP contribution in [0.4, 0.5) is 46.0 Å². The molecule has 9 N–H and O–H groups in total. The summed E-state index contributed by atoms with van der Waals surface area (Å²) in [5.74, 6) is -8.17. The average molecular weight is 1810 g/mol. The monoisotopic (exact) mass is 1810 g/mol. The third-order valence-corrected chi connectivity index (χ3v) is 22.3.